The van der Waals surface area contributed by atoms with E-state index < -0.39 is 52.4 Å². The molecule has 5 N–H and O–H groups in total. The lowest BCUT2D eigenvalue weighted by Gasteiger charge is -2.33. The van der Waals surface area contributed by atoms with Gasteiger partial charge in [-0.25, -0.2) is 8.78 Å². The molecule has 14 heteroatoms. The van der Waals surface area contributed by atoms with E-state index in [1.165, 1.54) is 38.1 Å². The second kappa shape index (κ2) is 19.4. The molecule has 5 aromatic rings. The number of ether oxygens (including phenoxy) is 2. The van der Waals surface area contributed by atoms with Crippen LogP contribution < -0.4 is 16.8 Å². The van der Waals surface area contributed by atoms with Gasteiger partial charge in [0, 0.05) is 43.2 Å². The summed E-state index contributed by atoms with van der Waals surface area (Å²) in [5.74, 6) is -2.70. The number of carbonyl (C=O) groups is 4. The van der Waals surface area contributed by atoms with Gasteiger partial charge in [0.05, 0.1) is 53.5 Å². The summed E-state index contributed by atoms with van der Waals surface area (Å²) >= 11 is 0. The SMILES string of the molecule is CC(=O)OCCn1c(-c2ccc(-c3c(C(C(=O)C(N)C(C)(C)C)C4CCCN4)c4ccc(F)cc4n3CCOC(C)=O)cc2)c(CC2CCCN2C(=O)C(N)C(C)(C)C)c2ccc(F)cc21. The van der Waals surface area contributed by atoms with Gasteiger partial charge in [0.25, 0.3) is 0 Å². The molecule has 5 atom stereocenters. The van der Waals surface area contributed by atoms with Crippen molar-refractivity contribution >= 4 is 45.4 Å². The third-order valence-corrected chi connectivity index (χ3v) is 13.5. The van der Waals surface area contributed by atoms with Crippen LogP contribution in [-0.4, -0.2) is 88.1 Å². The van der Waals surface area contributed by atoms with E-state index in [2.05, 4.69) is 5.32 Å². The zero-order valence-corrected chi connectivity index (χ0v) is 39.6. The summed E-state index contributed by atoms with van der Waals surface area (Å²) in [4.78, 5) is 54.9. The Balaban J connectivity index is 1.43. The topological polar surface area (TPSA) is 164 Å². The summed E-state index contributed by atoms with van der Waals surface area (Å²) in [6.45, 7) is 16.2. The maximum atomic E-state index is 15.3. The molecule has 0 radical (unpaired) electrons. The highest BCUT2D eigenvalue weighted by Crippen LogP contribution is 2.45. The van der Waals surface area contributed by atoms with Gasteiger partial charge >= 0.3 is 11.9 Å². The van der Waals surface area contributed by atoms with Gasteiger partial charge in [-0.2, -0.15) is 0 Å². The molecule has 0 spiro atoms. The number of hydrogen-bond acceptors (Lipinski definition) is 9. The quantitative estimate of drug-likeness (QED) is 0.0883. The molecular weight excluding hydrogens is 843 g/mol. The summed E-state index contributed by atoms with van der Waals surface area (Å²) in [6, 6.07) is 15.2. The van der Waals surface area contributed by atoms with E-state index in [0.29, 0.717) is 35.1 Å². The van der Waals surface area contributed by atoms with Crippen LogP contribution in [0.4, 0.5) is 8.78 Å². The number of nitrogens with one attached hydrogen (secondary N) is 1. The van der Waals surface area contributed by atoms with Gasteiger partial charge in [-0.05, 0) is 108 Å². The third-order valence-electron chi connectivity index (χ3n) is 13.5. The average molecular weight is 909 g/mol. The van der Waals surface area contributed by atoms with Crippen LogP contribution >= 0.6 is 0 Å². The van der Waals surface area contributed by atoms with Crippen LogP contribution in [-0.2, 0) is 48.2 Å². The Hall–Kier alpha value is -5.44. The maximum Gasteiger partial charge on any atom is 0.302 e. The molecule has 12 nitrogen and oxygen atoms in total. The van der Waals surface area contributed by atoms with Crippen LogP contribution in [0.25, 0.3) is 44.3 Å². The van der Waals surface area contributed by atoms with Crippen LogP contribution in [0.5, 0.6) is 0 Å². The van der Waals surface area contributed by atoms with Crippen LogP contribution in [0.15, 0.2) is 60.7 Å². The highest BCUT2D eigenvalue weighted by molar-refractivity contribution is 6.01. The van der Waals surface area contributed by atoms with E-state index >= 15 is 8.78 Å². The number of amides is 1. The minimum absolute atomic E-state index is 0.00560. The molecule has 2 aliphatic heterocycles. The predicted octanol–water partition coefficient (Wildman–Crippen LogP) is 8.02. The average Bonchev–Trinajstić information content (AvgIpc) is 4.06. The first-order valence-corrected chi connectivity index (χ1v) is 23.3. The largest absolute Gasteiger partial charge is 0.464 e. The molecule has 66 heavy (non-hydrogen) atoms. The van der Waals surface area contributed by atoms with Crippen molar-refractivity contribution in [1.82, 2.24) is 19.4 Å². The molecule has 2 saturated heterocycles. The van der Waals surface area contributed by atoms with E-state index in [0.717, 1.165) is 65.6 Å². The van der Waals surface area contributed by atoms with Crippen LogP contribution in [0, 0.1) is 22.5 Å². The fourth-order valence-corrected chi connectivity index (χ4v) is 10.00. The number of nitrogens with zero attached hydrogens (tertiary/aromatic N) is 3. The highest BCUT2D eigenvalue weighted by atomic mass is 19.1. The Morgan fingerprint density at radius 1 is 0.727 bits per heavy atom. The number of Topliss-reactive ketones (excluding diaryl/α,β-unsaturated/α-hetero) is 1. The molecule has 2 aliphatic rings. The van der Waals surface area contributed by atoms with Crippen molar-refractivity contribution in [3.05, 3.63) is 83.4 Å². The molecule has 354 valence electrons. The molecule has 1 amide bonds. The standard InChI is InChI=1S/C52H66F2N6O6/c1-30(61)65-25-23-59-41-27-34(53)17-19-37(41)39(29-36-11-10-22-58(36)50(64)49(56)52(6,7)8)45(59)32-13-15-33(16-14-32)46-43(44(40-12-9-21-57-40)47(63)48(55)51(3,4)5)38-20-18-35(54)28-42(38)60(46)24-26-66-31(2)62/h13-20,27-28,36,40,44,48-49,57H,9-12,21-26,29,55-56H2,1-8H3. The van der Waals surface area contributed by atoms with Gasteiger partial charge < -0.3 is 40.3 Å². The minimum Gasteiger partial charge on any atom is -0.464 e. The molecule has 2 aromatic heterocycles. The number of hydrogen-bond donors (Lipinski definition) is 3. The Kier molecular flexibility index (Phi) is 14.3. The summed E-state index contributed by atoms with van der Waals surface area (Å²) in [7, 11) is 0. The van der Waals surface area contributed by atoms with Gasteiger partial charge in [0.2, 0.25) is 5.91 Å². The summed E-state index contributed by atoms with van der Waals surface area (Å²) in [5, 5.41) is 5.09. The van der Waals surface area contributed by atoms with E-state index in [1.54, 1.807) is 12.1 Å². The Bertz CT molecular complexity index is 2620. The van der Waals surface area contributed by atoms with Crippen LogP contribution in [0.1, 0.15) is 98.1 Å². The van der Waals surface area contributed by atoms with Gasteiger partial charge in [-0.15, -0.1) is 0 Å². The Labute approximate surface area is 386 Å². The molecule has 0 bridgehead atoms. The lowest BCUT2D eigenvalue weighted by Crippen LogP contribution is -2.52. The summed E-state index contributed by atoms with van der Waals surface area (Å²) < 4.78 is 45.4. The normalized spacial score (nSPS) is 18.2. The molecular formula is C52H66F2N6O6. The van der Waals surface area contributed by atoms with E-state index in [-0.39, 0.29) is 50.1 Å². The lowest BCUT2D eigenvalue weighted by atomic mass is 9.75. The number of esters is 2. The number of halogens is 2. The number of likely N-dealkylation sites (tertiary alicyclic amines) is 1. The summed E-state index contributed by atoms with van der Waals surface area (Å²) in [6.07, 6.45) is 3.65. The van der Waals surface area contributed by atoms with Crippen molar-refractivity contribution in [3.63, 3.8) is 0 Å². The number of ketones is 1. The number of benzene rings is 3. The molecule has 2 fully saturated rings. The third kappa shape index (κ3) is 9.96. The van der Waals surface area contributed by atoms with Gasteiger partial charge in [-0.3, -0.25) is 19.2 Å². The number of aromatic nitrogens is 2. The lowest BCUT2D eigenvalue weighted by molar-refractivity contribution is -0.142. The highest BCUT2D eigenvalue weighted by Gasteiger charge is 2.42. The van der Waals surface area contributed by atoms with Crippen LogP contribution in [0.2, 0.25) is 0 Å². The zero-order valence-electron chi connectivity index (χ0n) is 39.6. The first-order chi connectivity index (χ1) is 31.2. The van der Waals surface area contributed by atoms with Crippen molar-refractivity contribution < 1.29 is 37.4 Å². The number of rotatable bonds is 15. The van der Waals surface area contributed by atoms with Crippen molar-refractivity contribution in [2.45, 2.75) is 131 Å². The maximum absolute atomic E-state index is 15.3. The van der Waals surface area contributed by atoms with Gasteiger partial charge in [-0.1, -0.05) is 65.8 Å². The number of fused-ring (bicyclic) bond motifs is 2. The second-order valence-electron chi connectivity index (χ2n) is 20.3. The van der Waals surface area contributed by atoms with E-state index in [1.807, 2.05) is 79.8 Å². The van der Waals surface area contributed by atoms with Crippen molar-refractivity contribution in [2.75, 3.05) is 26.3 Å². The Morgan fingerprint density at radius 3 is 1.79 bits per heavy atom. The first-order valence-electron chi connectivity index (χ1n) is 23.3. The first kappa shape index (κ1) is 48.5. The Morgan fingerprint density at radius 2 is 1.26 bits per heavy atom. The molecule has 7 rings (SSSR count). The smallest absolute Gasteiger partial charge is 0.302 e. The minimum atomic E-state index is -0.813. The van der Waals surface area contributed by atoms with Gasteiger partial charge in [0.1, 0.15) is 24.8 Å². The summed E-state index contributed by atoms with van der Waals surface area (Å²) in [5.41, 5.74) is 18.1. The fraction of sp³-hybridized carbons (Fsp3) is 0.500. The van der Waals surface area contributed by atoms with Crippen molar-refractivity contribution in [3.8, 4) is 22.5 Å². The van der Waals surface area contributed by atoms with Gasteiger partial charge in [0.15, 0.2) is 5.78 Å². The predicted molar refractivity (Wildman–Crippen MR) is 254 cm³/mol. The van der Waals surface area contributed by atoms with Crippen molar-refractivity contribution in [1.29, 1.82) is 0 Å². The number of carbonyl (C=O) groups excluding carboxylic acids is 4. The van der Waals surface area contributed by atoms with Crippen molar-refractivity contribution in [2.24, 2.45) is 22.3 Å². The second-order valence-corrected chi connectivity index (χ2v) is 20.3. The number of nitrogens with two attached hydrogens (primary N) is 2. The monoisotopic (exact) mass is 909 g/mol. The molecule has 0 aliphatic carbocycles. The fourth-order valence-electron chi connectivity index (χ4n) is 10.00. The zero-order chi connectivity index (χ0) is 47.8. The molecule has 3 aromatic carbocycles. The van der Waals surface area contributed by atoms with Crippen LogP contribution in [0.3, 0.4) is 0 Å². The molecule has 5 unspecified atom stereocenters. The van der Waals surface area contributed by atoms with E-state index in [9.17, 15) is 19.2 Å². The molecule has 4 heterocycles. The van der Waals surface area contributed by atoms with E-state index in [4.69, 9.17) is 20.9 Å². The molecule has 0 saturated carbocycles.